The van der Waals surface area contributed by atoms with Crippen LogP contribution in [0.2, 0.25) is 0 Å². The predicted octanol–water partition coefficient (Wildman–Crippen LogP) is 3.12. The quantitative estimate of drug-likeness (QED) is 0.797. The molecule has 0 bridgehead atoms. The highest BCUT2D eigenvalue weighted by Gasteiger charge is 2.29. The zero-order chi connectivity index (χ0) is 14.8. The van der Waals surface area contributed by atoms with Gasteiger partial charge in [-0.2, -0.15) is 5.06 Å². The molecule has 0 radical (unpaired) electrons. The summed E-state index contributed by atoms with van der Waals surface area (Å²) in [6.45, 7) is 7.13. The average molecular weight is 277 g/mol. The fraction of sp³-hybridized carbons (Fsp3) is 0.562. The molecule has 4 nitrogen and oxygen atoms in total. The van der Waals surface area contributed by atoms with Crippen molar-refractivity contribution in [3.8, 4) is 0 Å². The van der Waals surface area contributed by atoms with E-state index in [1.165, 1.54) is 17.7 Å². The van der Waals surface area contributed by atoms with Crippen LogP contribution in [0.4, 0.5) is 0 Å². The Hall–Kier alpha value is -1.39. The SMILES string of the molecule is CON(C(=O)c1ccc(C(C)(C)C)cc1)C1CCCO1. The smallest absolute Gasteiger partial charge is 0.279 e. The van der Waals surface area contributed by atoms with Gasteiger partial charge in [0.25, 0.3) is 5.91 Å². The van der Waals surface area contributed by atoms with E-state index in [0.717, 1.165) is 12.8 Å². The van der Waals surface area contributed by atoms with Crippen LogP contribution >= 0.6 is 0 Å². The molecule has 1 heterocycles. The zero-order valence-corrected chi connectivity index (χ0v) is 12.7. The van der Waals surface area contributed by atoms with Gasteiger partial charge >= 0.3 is 0 Å². The molecule has 2 rings (SSSR count). The van der Waals surface area contributed by atoms with Crippen molar-refractivity contribution in [2.24, 2.45) is 0 Å². The van der Waals surface area contributed by atoms with Crippen molar-refractivity contribution >= 4 is 5.91 Å². The van der Waals surface area contributed by atoms with Gasteiger partial charge in [-0.15, -0.1) is 0 Å². The molecule has 1 fully saturated rings. The Morgan fingerprint density at radius 3 is 2.40 bits per heavy atom. The standard InChI is InChI=1S/C16H23NO3/c1-16(2,3)13-9-7-12(8-10-13)15(18)17(19-4)14-6-5-11-20-14/h7-10,14H,5-6,11H2,1-4H3. The molecule has 1 amide bonds. The highest BCUT2D eigenvalue weighted by molar-refractivity contribution is 5.93. The van der Waals surface area contributed by atoms with Crippen LogP contribution in [0.15, 0.2) is 24.3 Å². The Labute approximate surface area is 120 Å². The number of carbonyl (C=O) groups is 1. The van der Waals surface area contributed by atoms with Crippen molar-refractivity contribution in [1.29, 1.82) is 0 Å². The summed E-state index contributed by atoms with van der Waals surface area (Å²) in [5.41, 5.74) is 1.90. The molecule has 0 aromatic heterocycles. The molecule has 1 unspecified atom stereocenters. The maximum Gasteiger partial charge on any atom is 0.279 e. The number of amides is 1. The first-order valence-corrected chi connectivity index (χ1v) is 7.03. The second-order valence-corrected chi connectivity index (χ2v) is 6.11. The van der Waals surface area contributed by atoms with Crippen molar-refractivity contribution in [3.63, 3.8) is 0 Å². The van der Waals surface area contributed by atoms with Crippen LogP contribution in [0.1, 0.15) is 49.5 Å². The van der Waals surface area contributed by atoms with Gasteiger partial charge in [0, 0.05) is 12.2 Å². The predicted molar refractivity (Wildman–Crippen MR) is 77.3 cm³/mol. The molecule has 4 heteroatoms. The van der Waals surface area contributed by atoms with E-state index in [1.807, 2.05) is 24.3 Å². The lowest BCUT2D eigenvalue weighted by molar-refractivity contribution is -0.186. The highest BCUT2D eigenvalue weighted by atomic mass is 16.7. The second kappa shape index (κ2) is 5.94. The molecule has 1 saturated heterocycles. The van der Waals surface area contributed by atoms with Gasteiger partial charge in [0.05, 0.1) is 7.11 Å². The van der Waals surface area contributed by atoms with Crippen molar-refractivity contribution in [3.05, 3.63) is 35.4 Å². The third-order valence-electron chi connectivity index (χ3n) is 3.56. The number of hydrogen-bond acceptors (Lipinski definition) is 3. The van der Waals surface area contributed by atoms with Gasteiger partial charge in [-0.25, -0.2) is 0 Å². The minimum absolute atomic E-state index is 0.0804. The van der Waals surface area contributed by atoms with E-state index in [9.17, 15) is 4.79 Å². The minimum Gasteiger partial charge on any atom is -0.356 e. The van der Waals surface area contributed by atoms with E-state index in [4.69, 9.17) is 9.57 Å². The third kappa shape index (κ3) is 3.19. The Morgan fingerprint density at radius 1 is 1.30 bits per heavy atom. The van der Waals surface area contributed by atoms with Crippen molar-refractivity contribution in [1.82, 2.24) is 5.06 Å². The molecule has 0 saturated carbocycles. The van der Waals surface area contributed by atoms with E-state index >= 15 is 0 Å². The molecule has 1 atom stereocenters. The van der Waals surface area contributed by atoms with Gasteiger partial charge in [-0.05, 0) is 36.0 Å². The first-order valence-electron chi connectivity index (χ1n) is 7.03. The number of hydroxylamine groups is 2. The van der Waals surface area contributed by atoms with Crippen molar-refractivity contribution in [2.75, 3.05) is 13.7 Å². The van der Waals surface area contributed by atoms with Crippen LogP contribution in [0.25, 0.3) is 0 Å². The van der Waals surface area contributed by atoms with Gasteiger partial charge in [0.2, 0.25) is 0 Å². The molecule has 1 aliphatic rings. The molecule has 1 aromatic carbocycles. The van der Waals surface area contributed by atoms with E-state index < -0.39 is 0 Å². The van der Waals surface area contributed by atoms with Crippen LogP contribution in [0, 0.1) is 0 Å². The largest absolute Gasteiger partial charge is 0.356 e. The molecule has 0 N–H and O–H groups in total. The number of ether oxygens (including phenoxy) is 1. The molecule has 110 valence electrons. The van der Waals surface area contributed by atoms with E-state index in [0.29, 0.717) is 12.2 Å². The Balaban J connectivity index is 2.15. The lowest BCUT2D eigenvalue weighted by atomic mass is 9.86. The number of nitrogens with zero attached hydrogens (tertiary/aromatic N) is 1. The summed E-state index contributed by atoms with van der Waals surface area (Å²) < 4.78 is 5.51. The fourth-order valence-corrected chi connectivity index (χ4v) is 2.32. The number of benzene rings is 1. The van der Waals surface area contributed by atoms with Crippen LogP contribution in [-0.4, -0.2) is 30.9 Å². The monoisotopic (exact) mass is 277 g/mol. The molecular formula is C16H23NO3. The van der Waals surface area contributed by atoms with Gasteiger partial charge in [0.15, 0.2) is 6.23 Å². The normalized spacial score (nSPS) is 19.1. The topological polar surface area (TPSA) is 38.8 Å². The summed E-state index contributed by atoms with van der Waals surface area (Å²) in [6.07, 6.45) is 1.51. The lowest BCUT2D eigenvalue weighted by Crippen LogP contribution is -2.39. The third-order valence-corrected chi connectivity index (χ3v) is 3.56. The fourth-order valence-electron chi connectivity index (χ4n) is 2.32. The summed E-state index contributed by atoms with van der Waals surface area (Å²) in [4.78, 5) is 17.7. The first kappa shape index (κ1) is 15.0. The van der Waals surface area contributed by atoms with Crippen LogP contribution in [-0.2, 0) is 15.0 Å². The highest BCUT2D eigenvalue weighted by Crippen LogP contribution is 2.24. The van der Waals surface area contributed by atoms with Gasteiger partial charge in [0.1, 0.15) is 0 Å². The molecule has 20 heavy (non-hydrogen) atoms. The Kier molecular flexibility index (Phi) is 4.45. The number of carbonyl (C=O) groups excluding carboxylic acids is 1. The van der Waals surface area contributed by atoms with E-state index in [1.54, 1.807) is 0 Å². The van der Waals surface area contributed by atoms with Gasteiger partial charge in [-0.1, -0.05) is 32.9 Å². The maximum atomic E-state index is 12.4. The molecule has 1 aromatic rings. The minimum atomic E-state index is -0.269. The lowest BCUT2D eigenvalue weighted by Gasteiger charge is -2.25. The maximum absolute atomic E-state index is 12.4. The van der Waals surface area contributed by atoms with Crippen LogP contribution < -0.4 is 0 Å². The number of hydrogen-bond donors (Lipinski definition) is 0. The van der Waals surface area contributed by atoms with E-state index in [-0.39, 0.29) is 17.6 Å². The second-order valence-electron chi connectivity index (χ2n) is 6.11. The van der Waals surface area contributed by atoms with Crippen molar-refractivity contribution < 1.29 is 14.4 Å². The van der Waals surface area contributed by atoms with Crippen LogP contribution in [0.5, 0.6) is 0 Å². The summed E-state index contributed by atoms with van der Waals surface area (Å²) in [6, 6.07) is 7.70. The van der Waals surface area contributed by atoms with Crippen LogP contribution in [0.3, 0.4) is 0 Å². The molecular weight excluding hydrogens is 254 g/mol. The first-order chi connectivity index (χ1) is 9.43. The Bertz CT molecular complexity index is 456. The zero-order valence-electron chi connectivity index (χ0n) is 12.7. The van der Waals surface area contributed by atoms with Gasteiger partial charge < -0.3 is 4.74 Å². The average Bonchev–Trinajstić information content (AvgIpc) is 2.92. The van der Waals surface area contributed by atoms with Gasteiger partial charge in [-0.3, -0.25) is 9.63 Å². The molecule has 1 aliphatic heterocycles. The summed E-state index contributed by atoms with van der Waals surface area (Å²) >= 11 is 0. The van der Waals surface area contributed by atoms with E-state index in [2.05, 4.69) is 20.8 Å². The number of rotatable bonds is 3. The summed E-state index contributed by atoms with van der Waals surface area (Å²) in [5, 5.41) is 1.33. The molecule has 0 aliphatic carbocycles. The summed E-state index contributed by atoms with van der Waals surface area (Å²) in [7, 11) is 1.50. The van der Waals surface area contributed by atoms with Crippen molar-refractivity contribution in [2.45, 2.75) is 45.3 Å². The molecule has 0 spiro atoms. The summed E-state index contributed by atoms with van der Waals surface area (Å²) in [5.74, 6) is -0.153. The Morgan fingerprint density at radius 2 is 1.95 bits per heavy atom.